The van der Waals surface area contributed by atoms with Gasteiger partial charge in [0, 0.05) is 11.1 Å². The van der Waals surface area contributed by atoms with Crippen molar-refractivity contribution >= 4 is 22.6 Å². The number of carbonyl (C=O) groups is 1. The van der Waals surface area contributed by atoms with Crippen LogP contribution in [0.15, 0.2) is 36.4 Å². The number of anilines is 1. The summed E-state index contributed by atoms with van der Waals surface area (Å²) in [6.07, 6.45) is -0.373. The van der Waals surface area contributed by atoms with Crippen LogP contribution in [0.2, 0.25) is 0 Å². The molecule has 0 fully saturated rings. The average molecular weight is 301 g/mol. The fourth-order valence-corrected chi connectivity index (χ4v) is 2.10. The number of rotatable bonds is 3. The molecule has 0 aliphatic carbocycles. The minimum absolute atomic E-state index is 0.0908. The van der Waals surface area contributed by atoms with Crippen molar-refractivity contribution in [3.05, 3.63) is 36.4 Å². The van der Waals surface area contributed by atoms with E-state index in [0.29, 0.717) is 5.69 Å². The summed E-state index contributed by atoms with van der Waals surface area (Å²) in [5.41, 5.74) is 0.161. The molecule has 2 aromatic rings. The molecule has 2 rings (SSSR count). The molecule has 0 radical (unpaired) electrons. The van der Waals surface area contributed by atoms with Crippen molar-refractivity contribution < 1.29 is 14.3 Å². The fourth-order valence-electron chi connectivity index (χ4n) is 2.10. The molecule has 0 aromatic heterocycles. The Labute approximate surface area is 131 Å². The Morgan fingerprint density at radius 1 is 1.14 bits per heavy atom. The van der Waals surface area contributed by atoms with Gasteiger partial charge in [-0.25, -0.2) is 4.79 Å². The van der Waals surface area contributed by atoms with Crippen molar-refractivity contribution in [2.24, 2.45) is 0 Å². The van der Waals surface area contributed by atoms with Gasteiger partial charge in [-0.1, -0.05) is 18.2 Å². The van der Waals surface area contributed by atoms with Crippen LogP contribution in [0.1, 0.15) is 34.6 Å². The second-order valence-electron chi connectivity index (χ2n) is 6.49. The maximum Gasteiger partial charge on any atom is 0.412 e. The summed E-state index contributed by atoms with van der Waals surface area (Å²) in [6, 6.07) is 11.6. The molecule has 4 nitrogen and oxygen atoms in total. The summed E-state index contributed by atoms with van der Waals surface area (Å²) in [7, 11) is 0. The first-order chi connectivity index (χ1) is 10.2. The molecule has 0 heterocycles. The summed E-state index contributed by atoms with van der Waals surface area (Å²) in [6.45, 7) is 9.48. The molecule has 0 saturated heterocycles. The van der Waals surface area contributed by atoms with Gasteiger partial charge in [0.05, 0.1) is 6.10 Å². The zero-order valence-electron chi connectivity index (χ0n) is 13.8. The number of carbonyl (C=O) groups excluding carboxylic acids is 1. The maximum atomic E-state index is 11.9. The Kier molecular flexibility index (Phi) is 4.59. The van der Waals surface area contributed by atoms with E-state index in [1.54, 1.807) is 0 Å². The minimum Gasteiger partial charge on any atom is -0.490 e. The summed E-state index contributed by atoms with van der Waals surface area (Å²) >= 11 is 0. The van der Waals surface area contributed by atoms with E-state index in [9.17, 15) is 4.79 Å². The number of amides is 1. The molecule has 0 bridgehead atoms. The van der Waals surface area contributed by atoms with Gasteiger partial charge in [0.1, 0.15) is 11.4 Å². The summed E-state index contributed by atoms with van der Waals surface area (Å²) in [4.78, 5) is 11.9. The van der Waals surface area contributed by atoms with E-state index in [2.05, 4.69) is 5.32 Å². The molecule has 0 aliphatic heterocycles. The Morgan fingerprint density at radius 2 is 1.86 bits per heavy atom. The SMILES string of the molecule is CC(C)Oc1cccc2ccc(NC(=O)OC(C)(C)C)cc12. The fraction of sp³-hybridized carbons (Fsp3) is 0.389. The number of benzene rings is 2. The average Bonchev–Trinajstić information content (AvgIpc) is 2.36. The first kappa shape index (κ1) is 16.1. The van der Waals surface area contributed by atoms with Crippen LogP contribution in [0.4, 0.5) is 10.5 Å². The molecule has 0 spiro atoms. The highest BCUT2D eigenvalue weighted by Crippen LogP contribution is 2.29. The Bertz CT molecular complexity index is 672. The zero-order valence-corrected chi connectivity index (χ0v) is 13.8. The first-order valence-corrected chi connectivity index (χ1v) is 7.44. The summed E-state index contributed by atoms with van der Waals surface area (Å²) in [5.74, 6) is 0.806. The Hall–Kier alpha value is -2.23. The van der Waals surface area contributed by atoms with E-state index in [1.165, 1.54) is 0 Å². The smallest absolute Gasteiger partial charge is 0.412 e. The van der Waals surface area contributed by atoms with Crippen LogP contribution in [0.5, 0.6) is 5.75 Å². The number of hydrogen-bond acceptors (Lipinski definition) is 3. The highest BCUT2D eigenvalue weighted by Gasteiger charge is 2.16. The lowest BCUT2D eigenvalue weighted by atomic mass is 10.1. The molecular formula is C18H23NO3. The van der Waals surface area contributed by atoms with Gasteiger partial charge in [0.15, 0.2) is 0 Å². The lowest BCUT2D eigenvalue weighted by Gasteiger charge is -2.20. The predicted octanol–water partition coefficient (Wildman–Crippen LogP) is 4.97. The van der Waals surface area contributed by atoms with Gasteiger partial charge in [0.25, 0.3) is 0 Å². The quantitative estimate of drug-likeness (QED) is 0.870. The minimum atomic E-state index is -0.521. The van der Waals surface area contributed by atoms with Crippen molar-refractivity contribution in [3.63, 3.8) is 0 Å². The third-order valence-corrected chi connectivity index (χ3v) is 2.85. The summed E-state index contributed by atoms with van der Waals surface area (Å²) in [5, 5.41) is 4.78. The second-order valence-corrected chi connectivity index (χ2v) is 6.49. The number of hydrogen-bond donors (Lipinski definition) is 1. The largest absolute Gasteiger partial charge is 0.490 e. The van der Waals surface area contributed by atoms with E-state index in [0.717, 1.165) is 16.5 Å². The van der Waals surface area contributed by atoms with Crippen LogP contribution in [0.25, 0.3) is 10.8 Å². The predicted molar refractivity (Wildman–Crippen MR) is 89.6 cm³/mol. The van der Waals surface area contributed by atoms with E-state index < -0.39 is 11.7 Å². The molecule has 0 unspecified atom stereocenters. The van der Waals surface area contributed by atoms with Crippen LogP contribution < -0.4 is 10.1 Å². The van der Waals surface area contributed by atoms with Crippen molar-refractivity contribution in [3.8, 4) is 5.75 Å². The van der Waals surface area contributed by atoms with E-state index in [-0.39, 0.29) is 6.10 Å². The number of ether oxygens (including phenoxy) is 2. The molecular weight excluding hydrogens is 278 g/mol. The highest BCUT2D eigenvalue weighted by molar-refractivity contribution is 5.94. The molecule has 4 heteroatoms. The molecule has 0 aliphatic rings. The van der Waals surface area contributed by atoms with Gasteiger partial charge in [-0.3, -0.25) is 5.32 Å². The van der Waals surface area contributed by atoms with Gasteiger partial charge < -0.3 is 9.47 Å². The van der Waals surface area contributed by atoms with Gasteiger partial charge in [-0.05, 0) is 58.2 Å². The third-order valence-electron chi connectivity index (χ3n) is 2.85. The van der Waals surface area contributed by atoms with E-state index in [4.69, 9.17) is 9.47 Å². The summed E-state index contributed by atoms with van der Waals surface area (Å²) < 4.78 is 11.1. The van der Waals surface area contributed by atoms with Crippen LogP contribution in [0.3, 0.4) is 0 Å². The lowest BCUT2D eigenvalue weighted by Crippen LogP contribution is -2.27. The maximum absolute atomic E-state index is 11.9. The monoisotopic (exact) mass is 301 g/mol. The lowest BCUT2D eigenvalue weighted by molar-refractivity contribution is 0.0636. The van der Waals surface area contributed by atoms with Gasteiger partial charge in [-0.2, -0.15) is 0 Å². The van der Waals surface area contributed by atoms with Crippen LogP contribution in [-0.2, 0) is 4.74 Å². The topological polar surface area (TPSA) is 47.6 Å². The number of fused-ring (bicyclic) bond motifs is 1. The molecule has 0 atom stereocenters. The van der Waals surface area contributed by atoms with Gasteiger partial charge in [-0.15, -0.1) is 0 Å². The second kappa shape index (κ2) is 6.26. The third kappa shape index (κ3) is 4.38. The van der Waals surface area contributed by atoms with E-state index >= 15 is 0 Å². The van der Waals surface area contributed by atoms with Crippen molar-refractivity contribution in [2.75, 3.05) is 5.32 Å². The molecule has 1 N–H and O–H groups in total. The first-order valence-electron chi connectivity index (χ1n) is 7.44. The van der Waals surface area contributed by atoms with Crippen molar-refractivity contribution in [1.29, 1.82) is 0 Å². The Morgan fingerprint density at radius 3 is 2.50 bits per heavy atom. The van der Waals surface area contributed by atoms with Crippen LogP contribution in [0, 0.1) is 0 Å². The standard InChI is InChI=1S/C18H23NO3/c1-12(2)21-16-8-6-7-13-9-10-14(11-15(13)16)19-17(20)22-18(3,4)5/h6-12H,1-5H3,(H,19,20). The van der Waals surface area contributed by atoms with Gasteiger partial charge in [0.2, 0.25) is 0 Å². The molecule has 0 saturated carbocycles. The van der Waals surface area contributed by atoms with Gasteiger partial charge >= 0.3 is 6.09 Å². The molecule has 118 valence electrons. The Balaban J connectivity index is 2.27. The molecule has 22 heavy (non-hydrogen) atoms. The zero-order chi connectivity index (χ0) is 16.3. The van der Waals surface area contributed by atoms with Crippen molar-refractivity contribution in [2.45, 2.75) is 46.3 Å². The van der Waals surface area contributed by atoms with Crippen molar-refractivity contribution in [1.82, 2.24) is 0 Å². The highest BCUT2D eigenvalue weighted by atomic mass is 16.6. The van der Waals surface area contributed by atoms with Crippen LogP contribution in [-0.4, -0.2) is 17.8 Å². The molecule has 1 amide bonds. The van der Waals surface area contributed by atoms with E-state index in [1.807, 2.05) is 71.0 Å². The van der Waals surface area contributed by atoms with Crippen LogP contribution >= 0.6 is 0 Å². The molecule has 2 aromatic carbocycles. The number of nitrogens with one attached hydrogen (secondary N) is 1. The normalized spacial score (nSPS) is 11.5.